The van der Waals surface area contributed by atoms with Gasteiger partial charge >= 0.3 is 0 Å². The van der Waals surface area contributed by atoms with Crippen molar-refractivity contribution in [1.82, 2.24) is 0 Å². The monoisotopic (exact) mass is 210 g/mol. The highest BCUT2D eigenvalue weighted by molar-refractivity contribution is 14.1. The molecule has 2 atom stereocenters. The Hall–Kier alpha value is 0.730. The molecule has 0 N–H and O–H groups in total. The van der Waals surface area contributed by atoms with Gasteiger partial charge < -0.3 is 0 Å². The lowest BCUT2D eigenvalue weighted by molar-refractivity contribution is 0.713. The summed E-state index contributed by atoms with van der Waals surface area (Å²) >= 11 is 2.54. The fourth-order valence-electron chi connectivity index (χ4n) is 0.880. The molecule has 0 radical (unpaired) electrons. The highest BCUT2D eigenvalue weighted by Gasteiger charge is 2.32. The molecular formula is C6H11I. The van der Waals surface area contributed by atoms with Crippen LogP contribution in [0.15, 0.2) is 0 Å². The third-order valence-electron chi connectivity index (χ3n) is 1.50. The van der Waals surface area contributed by atoms with Crippen LogP contribution in [0.5, 0.6) is 0 Å². The molecule has 0 amide bonds. The van der Waals surface area contributed by atoms with Gasteiger partial charge in [-0.3, -0.25) is 0 Å². The predicted octanol–water partition coefficient (Wildman–Crippen LogP) is 2.61. The van der Waals surface area contributed by atoms with Crippen molar-refractivity contribution in [3.05, 3.63) is 0 Å². The van der Waals surface area contributed by atoms with Gasteiger partial charge in [0.2, 0.25) is 0 Å². The molecule has 1 aliphatic carbocycles. The lowest BCUT2D eigenvalue weighted by Crippen LogP contribution is -1.75. The van der Waals surface area contributed by atoms with Crippen molar-refractivity contribution in [2.45, 2.75) is 30.1 Å². The SMILES string of the molecule is CCCC1CC1I. The van der Waals surface area contributed by atoms with Crippen LogP contribution < -0.4 is 0 Å². The summed E-state index contributed by atoms with van der Waals surface area (Å²) in [4.78, 5) is 0. The Morgan fingerprint density at radius 2 is 2.29 bits per heavy atom. The topological polar surface area (TPSA) is 0 Å². The Kier molecular flexibility index (Phi) is 1.95. The highest BCUT2D eigenvalue weighted by atomic mass is 127. The van der Waals surface area contributed by atoms with Gasteiger partial charge in [0.05, 0.1) is 0 Å². The van der Waals surface area contributed by atoms with E-state index in [9.17, 15) is 0 Å². The molecule has 1 rings (SSSR count). The van der Waals surface area contributed by atoms with Crippen molar-refractivity contribution in [3.63, 3.8) is 0 Å². The van der Waals surface area contributed by atoms with Crippen molar-refractivity contribution < 1.29 is 0 Å². The van der Waals surface area contributed by atoms with Gasteiger partial charge in [-0.05, 0) is 18.8 Å². The van der Waals surface area contributed by atoms with E-state index < -0.39 is 0 Å². The van der Waals surface area contributed by atoms with E-state index in [1.807, 2.05) is 0 Å². The average Bonchev–Trinajstić information content (AvgIpc) is 2.22. The third kappa shape index (κ3) is 1.59. The Labute approximate surface area is 58.8 Å². The first-order chi connectivity index (χ1) is 3.34. The zero-order valence-corrected chi connectivity index (χ0v) is 6.81. The number of hydrogen-bond acceptors (Lipinski definition) is 0. The van der Waals surface area contributed by atoms with E-state index in [1.54, 1.807) is 0 Å². The first-order valence-corrected chi connectivity index (χ1v) is 4.23. The molecule has 42 valence electrons. The quantitative estimate of drug-likeness (QED) is 0.485. The molecule has 0 bridgehead atoms. The van der Waals surface area contributed by atoms with Crippen LogP contribution in [0.3, 0.4) is 0 Å². The number of hydrogen-bond donors (Lipinski definition) is 0. The largest absolute Gasteiger partial charge is 0.0823 e. The van der Waals surface area contributed by atoms with Gasteiger partial charge in [-0.2, -0.15) is 0 Å². The van der Waals surface area contributed by atoms with Gasteiger partial charge in [-0.25, -0.2) is 0 Å². The molecule has 0 aromatic rings. The lowest BCUT2D eigenvalue weighted by Gasteiger charge is -1.85. The molecule has 0 saturated heterocycles. The van der Waals surface area contributed by atoms with E-state index >= 15 is 0 Å². The second-order valence-corrected chi connectivity index (χ2v) is 3.90. The summed E-state index contributed by atoms with van der Waals surface area (Å²) in [6.45, 7) is 2.27. The summed E-state index contributed by atoms with van der Waals surface area (Å²) in [7, 11) is 0. The molecule has 0 aliphatic heterocycles. The zero-order valence-electron chi connectivity index (χ0n) is 4.65. The fraction of sp³-hybridized carbons (Fsp3) is 1.00. The molecule has 7 heavy (non-hydrogen) atoms. The molecule has 0 spiro atoms. The Morgan fingerprint density at radius 1 is 1.71 bits per heavy atom. The molecule has 0 aromatic carbocycles. The Morgan fingerprint density at radius 3 is 2.43 bits per heavy atom. The molecular weight excluding hydrogens is 199 g/mol. The third-order valence-corrected chi connectivity index (χ3v) is 3.02. The maximum atomic E-state index is 2.54. The van der Waals surface area contributed by atoms with Crippen LogP contribution in [0, 0.1) is 5.92 Å². The molecule has 0 aromatic heterocycles. The maximum absolute atomic E-state index is 2.54. The van der Waals surface area contributed by atoms with E-state index in [-0.39, 0.29) is 0 Å². The van der Waals surface area contributed by atoms with Crippen LogP contribution in [-0.4, -0.2) is 3.92 Å². The lowest BCUT2D eigenvalue weighted by atomic mass is 10.2. The summed E-state index contributed by atoms with van der Waals surface area (Å²) in [5.74, 6) is 1.10. The second-order valence-electron chi connectivity index (χ2n) is 2.30. The van der Waals surface area contributed by atoms with E-state index in [0.29, 0.717) is 0 Å². The van der Waals surface area contributed by atoms with Crippen LogP contribution in [0.1, 0.15) is 26.2 Å². The molecule has 2 unspecified atom stereocenters. The summed E-state index contributed by atoms with van der Waals surface area (Å²) in [5.41, 5.74) is 0. The van der Waals surface area contributed by atoms with Gasteiger partial charge in [0.1, 0.15) is 0 Å². The molecule has 1 saturated carbocycles. The summed E-state index contributed by atoms with van der Waals surface area (Å²) in [6.07, 6.45) is 4.34. The molecule has 0 heterocycles. The minimum absolute atomic E-state index is 1.04. The minimum Gasteiger partial charge on any atom is -0.0823 e. The summed E-state index contributed by atoms with van der Waals surface area (Å²) in [6, 6.07) is 0. The average molecular weight is 210 g/mol. The van der Waals surface area contributed by atoms with Crippen LogP contribution in [0.25, 0.3) is 0 Å². The van der Waals surface area contributed by atoms with Crippen LogP contribution in [0.4, 0.5) is 0 Å². The number of rotatable bonds is 2. The molecule has 0 nitrogen and oxygen atoms in total. The Bertz CT molecular complexity index is 61.2. The summed E-state index contributed by atoms with van der Waals surface area (Å²) < 4.78 is 1.04. The number of alkyl halides is 1. The number of halogens is 1. The second kappa shape index (κ2) is 2.33. The van der Waals surface area contributed by atoms with Gasteiger partial charge in [0.25, 0.3) is 0 Å². The molecule has 1 fully saturated rings. The minimum atomic E-state index is 1.04. The first kappa shape index (κ1) is 5.86. The molecule has 1 heteroatoms. The van der Waals surface area contributed by atoms with Gasteiger partial charge in [-0.1, -0.05) is 35.9 Å². The van der Waals surface area contributed by atoms with Crippen molar-refractivity contribution in [2.75, 3.05) is 0 Å². The standard InChI is InChI=1S/C6H11I/c1-2-3-5-4-6(5)7/h5-6H,2-4H2,1H3. The van der Waals surface area contributed by atoms with Crippen molar-refractivity contribution in [3.8, 4) is 0 Å². The maximum Gasteiger partial charge on any atom is 0.0141 e. The van der Waals surface area contributed by atoms with Gasteiger partial charge in [0, 0.05) is 3.92 Å². The van der Waals surface area contributed by atoms with E-state index in [0.717, 1.165) is 9.84 Å². The van der Waals surface area contributed by atoms with Crippen LogP contribution >= 0.6 is 22.6 Å². The zero-order chi connectivity index (χ0) is 5.28. The van der Waals surface area contributed by atoms with Crippen LogP contribution in [-0.2, 0) is 0 Å². The Balaban J connectivity index is 1.98. The van der Waals surface area contributed by atoms with E-state index in [1.165, 1.54) is 19.3 Å². The van der Waals surface area contributed by atoms with Crippen molar-refractivity contribution >= 4 is 22.6 Å². The van der Waals surface area contributed by atoms with Gasteiger partial charge in [0.15, 0.2) is 0 Å². The van der Waals surface area contributed by atoms with Crippen molar-refractivity contribution in [2.24, 2.45) is 5.92 Å². The van der Waals surface area contributed by atoms with E-state index in [2.05, 4.69) is 29.5 Å². The van der Waals surface area contributed by atoms with Crippen molar-refractivity contribution in [1.29, 1.82) is 0 Å². The highest BCUT2D eigenvalue weighted by Crippen LogP contribution is 2.41. The fourth-order valence-corrected chi connectivity index (χ4v) is 1.89. The smallest absolute Gasteiger partial charge is 0.0141 e. The summed E-state index contributed by atoms with van der Waals surface area (Å²) in [5, 5.41) is 0. The predicted molar refractivity (Wildman–Crippen MR) is 40.8 cm³/mol. The van der Waals surface area contributed by atoms with E-state index in [4.69, 9.17) is 0 Å². The van der Waals surface area contributed by atoms with Crippen LogP contribution in [0.2, 0.25) is 0 Å². The normalized spacial score (nSPS) is 38.6. The van der Waals surface area contributed by atoms with Gasteiger partial charge in [-0.15, -0.1) is 0 Å². The first-order valence-electron chi connectivity index (χ1n) is 2.98. The molecule has 1 aliphatic rings.